The van der Waals surface area contributed by atoms with Crippen LogP contribution in [-0.4, -0.2) is 31.1 Å². The van der Waals surface area contributed by atoms with Gasteiger partial charge in [-0.15, -0.1) is 0 Å². The third-order valence-electron chi connectivity index (χ3n) is 5.34. The van der Waals surface area contributed by atoms with E-state index in [1.807, 2.05) is 0 Å². The van der Waals surface area contributed by atoms with Gasteiger partial charge < -0.3 is 16.4 Å². The van der Waals surface area contributed by atoms with Crippen LogP contribution in [0.4, 0.5) is 0 Å². The largest absolute Gasteiger partial charge is 0.378 e. The first-order valence-electron chi connectivity index (χ1n) is 12.2. The van der Waals surface area contributed by atoms with Gasteiger partial charge in [-0.1, -0.05) is 96.5 Å². The molecule has 0 aromatic rings. The molecule has 0 aromatic carbocycles. The topological polar surface area (TPSA) is 55.3 Å². The number of allylic oxidation sites excluding steroid dienone is 1. The lowest BCUT2D eigenvalue weighted by atomic mass is 10.0. The minimum atomic E-state index is 0.770. The molecule has 0 saturated heterocycles. The second-order valence-electron chi connectivity index (χ2n) is 8.09. The predicted octanol–water partition coefficient (Wildman–Crippen LogP) is 6.37. The number of hydrogen-bond donors (Lipinski definition) is 2. The van der Waals surface area contributed by atoms with E-state index in [1.165, 1.54) is 96.3 Å². The zero-order chi connectivity index (χ0) is 19.8. The zero-order valence-electron chi connectivity index (χ0n) is 18.6. The molecule has 0 atom stereocenters. The van der Waals surface area contributed by atoms with E-state index < -0.39 is 0 Å². The van der Waals surface area contributed by atoms with Crippen molar-refractivity contribution >= 4 is 0 Å². The van der Waals surface area contributed by atoms with Crippen LogP contribution in [0.5, 0.6) is 0 Å². The van der Waals surface area contributed by atoms with Crippen molar-refractivity contribution in [3.63, 3.8) is 0 Å². The standard InChI is InChI=1S/C24H51N3/c1-2-3-4-5-6-7-8-9-10-11-12-13-14-15-16-17-22-27(23-18-20-25)24-19-21-26/h17,22H,2-16,18-21,23-26H2,1H3. The molecule has 0 aliphatic carbocycles. The van der Waals surface area contributed by atoms with E-state index in [2.05, 4.69) is 24.1 Å². The summed E-state index contributed by atoms with van der Waals surface area (Å²) in [6.45, 7) is 5.95. The summed E-state index contributed by atoms with van der Waals surface area (Å²) >= 11 is 0. The van der Waals surface area contributed by atoms with Crippen LogP contribution >= 0.6 is 0 Å². The lowest BCUT2D eigenvalue weighted by Gasteiger charge is -2.19. The van der Waals surface area contributed by atoms with Crippen LogP contribution in [0.3, 0.4) is 0 Å². The van der Waals surface area contributed by atoms with Crippen LogP contribution < -0.4 is 11.5 Å². The molecule has 0 aliphatic heterocycles. The van der Waals surface area contributed by atoms with Gasteiger partial charge in [0.25, 0.3) is 0 Å². The van der Waals surface area contributed by atoms with Gasteiger partial charge in [-0.3, -0.25) is 0 Å². The molecular weight excluding hydrogens is 330 g/mol. The summed E-state index contributed by atoms with van der Waals surface area (Å²) in [5.41, 5.74) is 11.2. The lowest BCUT2D eigenvalue weighted by molar-refractivity contribution is 0.366. The van der Waals surface area contributed by atoms with Crippen LogP contribution in [0.25, 0.3) is 0 Å². The van der Waals surface area contributed by atoms with Gasteiger partial charge in [0.2, 0.25) is 0 Å². The average molecular weight is 382 g/mol. The molecular formula is C24H51N3. The van der Waals surface area contributed by atoms with Gasteiger partial charge >= 0.3 is 0 Å². The molecule has 0 bridgehead atoms. The van der Waals surface area contributed by atoms with Crippen LogP contribution in [0.2, 0.25) is 0 Å². The molecule has 162 valence electrons. The number of unbranched alkanes of at least 4 members (excludes halogenated alkanes) is 14. The van der Waals surface area contributed by atoms with Crippen molar-refractivity contribution in [3.05, 3.63) is 12.3 Å². The molecule has 0 radical (unpaired) electrons. The maximum absolute atomic E-state index is 5.62. The van der Waals surface area contributed by atoms with E-state index in [0.29, 0.717) is 0 Å². The molecule has 0 saturated carbocycles. The van der Waals surface area contributed by atoms with Crippen molar-refractivity contribution in [1.82, 2.24) is 4.90 Å². The van der Waals surface area contributed by atoms with Crippen molar-refractivity contribution in [2.75, 3.05) is 26.2 Å². The Kier molecular flexibility index (Phi) is 23.0. The number of hydrogen-bond acceptors (Lipinski definition) is 3. The summed E-state index contributed by atoms with van der Waals surface area (Å²) in [4.78, 5) is 2.38. The zero-order valence-corrected chi connectivity index (χ0v) is 18.6. The first-order valence-corrected chi connectivity index (χ1v) is 12.2. The molecule has 3 heteroatoms. The van der Waals surface area contributed by atoms with Crippen LogP contribution in [-0.2, 0) is 0 Å². The minimum Gasteiger partial charge on any atom is -0.378 e. The predicted molar refractivity (Wildman–Crippen MR) is 123 cm³/mol. The van der Waals surface area contributed by atoms with Crippen molar-refractivity contribution in [2.45, 2.75) is 116 Å². The minimum absolute atomic E-state index is 0.770. The number of nitrogens with two attached hydrogens (primary N) is 2. The molecule has 0 aliphatic rings. The molecule has 0 amide bonds. The van der Waals surface area contributed by atoms with Crippen LogP contribution in [0.1, 0.15) is 116 Å². The monoisotopic (exact) mass is 381 g/mol. The Labute approximate surface area is 171 Å². The quantitative estimate of drug-likeness (QED) is 0.214. The summed E-state index contributed by atoms with van der Waals surface area (Å²) < 4.78 is 0. The first-order chi connectivity index (χ1) is 13.3. The molecule has 27 heavy (non-hydrogen) atoms. The highest BCUT2D eigenvalue weighted by atomic mass is 15.1. The van der Waals surface area contributed by atoms with Gasteiger partial charge in [-0.25, -0.2) is 0 Å². The summed E-state index contributed by atoms with van der Waals surface area (Å²) in [7, 11) is 0. The Bertz CT molecular complexity index is 283. The third kappa shape index (κ3) is 21.6. The molecule has 4 N–H and O–H groups in total. The fourth-order valence-corrected chi connectivity index (χ4v) is 3.53. The van der Waals surface area contributed by atoms with Gasteiger partial charge in [0, 0.05) is 13.1 Å². The summed E-state index contributed by atoms with van der Waals surface area (Å²) in [6, 6.07) is 0. The maximum atomic E-state index is 5.62. The highest BCUT2D eigenvalue weighted by Gasteiger charge is 1.98. The van der Waals surface area contributed by atoms with Crippen molar-refractivity contribution < 1.29 is 0 Å². The van der Waals surface area contributed by atoms with E-state index >= 15 is 0 Å². The Morgan fingerprint density at radius 3 is 1.37 bits per heavy atom. The van der Waals surface area contributed by atoms with E-state index in [4.69, 9.17) is 11.5 Å². The molecule has 0 unspecified atom stereocenters. The average Bonchev–Trinajstić information content (AvgIpc) is 2.69. The fraction of sp³-hybridized carbons (Fsp3) is 0.917. The van der Waals surface area contributed by atoms with Gasteiger partial charge in [0.1, 0.15) is 0 Å². The summed E-state index contributed by atoms with van der Waals surface area (Å²) in [5.74, 6) is 0. The van der Waals surface area contributed by atoms with E-state index in [9.17, 15) is 0 Å². The molecule has 0 heterocycles. The second kappa shape index (κ2) is 23.5. The van der Waals surface area contributed by atoms with Crippen LogP contribution in [0.15, 0.2) is 12.3 Å². The Hall–Kier alpha value is -0.540. The molecule has 0 fully saturated rings. The van der Waals surface area contributed by atoms with Crippen LogP contribution in [0, 0.1) is 0 Å². The molecule has 0 aromatic heterocycles. The summed E-state index contributed by atoms with van der Waals surface area (Å²) in [6.07, 6.45) is 27.9. The molecule has 0 rings (SSSR count). The first kappa shape index (κ1) is 26.5. The van der Waals surface area contributed by atoms with Gasteiger partial charge in [0.05, 0.1) is 0 Å². The summed E-state index contributed by atoms with van der Waals surface area (Å²) in [5, 5.41) is 0. The number of nitrogens with zero attached hydrogens (tertiary/aromatic N) is 1. The fourth-order valence-electron chi connectivity index (χ4n) is 3.53. The smallest absolute Gasteiger partial charge is 0.0184 e. The van der Waals surface area contributed by atoms with Crippen molar-refractivity contribution in [3.8, 4) is 0 Å². The Morgan fingerprint density at radius 2 is 0.963 bits per heavy atom. The number of rotatable bonds is 22. The highest BCUT2D eigenvalue weighted by Crippen LogP contribution is 2.13. The highest BCUT2D eigenvalue weighted by molar-refractivity contribution is 4.82. The van der Waals surface area contributed by atoms with E-state index in [1.54, 1.807) is 0 Å². The lowest BCUT2D eigenvalue weighted by Crippen LogP contribution is -2.23. The van der Waals surface area contributed by atoms with Crippen molar-refractivity contribution in [2.24, 2.45) is 11.5 Å². The SMILES string of the molecule is CCCCCCCCCCCCCCCCC=CN(CCCN)CCCN. The van der Waals surface area contributed by atoms with E-state index in [-0.39, 0.29) is 0 Å². The van der Waals surface area contributed by atoms with E-state index in [0.717, 1.165) is 39.0 Å². The van der Waals surface area contributed by atoms with Gasteiger partial charge in [-0.2, -0.15) is 0 Å². The molecule has 3 nitrogen and oxygen atoms in total. The Balaban J connectivity index is 3.35. The Morgan fingerprint density at radius 1 is 0.556 bits per heavy atom. The van der Waals surface area contributed by atoms with Gasteiger partial charge in [0.15, 0.2) is 0 Å². The third-order valence-corrected chi connectivity index (χ3v) is 5.34. The maximum Gasteiger partial charge on any atom is 0.0184 e. The normalized spacial score (nSPS) is 11.5. The molecule has 0 spiro atoms. The second-order valence-corrected chi connectivity index (χ2v) is 8.09. The van der Waals surface area contributed by atoms with Gasteiger partial charge in [-0.05, 0) is 45.0 Å². The van der Waals surface area contributed by atoms with Crippen molar-refractivity contribution in [1.29, 1.82) is 0 Å².